The molecule has 0 aromatic carbocycles. The normalized spacial score (nSPS) is 21.2. The molecule has 0 atom stereocenters. The van der Waals surface area contributed by atoms with Crippen LogP contribution in [0.4, 0.5) is 13.2 Å². The minimum atomic E-state index is -5.08. The van der Waals surface area contributed by atoms with Gasteiger partial charge in [0.15, 0.2) is 0 Å². The van der Waals surface area contributed by atoms with Crippen molar-refractivity contribution in [2.24, 2.45) is 5.41 Å². The molecule has 9 nitrogen and oxygen atoms in total. The van der Waals surface area contributed by atoms with Crippen molar-refractivity contribution in [3.8, 4) is 0 Å². The van der Waals surface area contributed by atoms with Gasteiger partial charge in [0.2, 0.25) is 11.8 Å². The van der Waals surface area contributed by atoms with Crippen molar-refractivity contribution in [2.75, 3.05) is 46.4 Å². The first-order chi connectivity index (χ1) is 17.5. The minimum absolute atomic E-state index is 0.0538. The number of aromatic nitrogens is 1. The minimum Gasteiger partial charge on any atom is -0.475 e. The fraction of sp³-hybridized carbons (Fsp3) is 0.680. The molecule has 4 heterocycles. The highest BCUT2D eigenvalue weighted by Crippen LogP contribution is 2.52. The Morgan fingerprint density at radius 2 is 1.76 bits per heavy atom. The van der Waals surface area contributed by atoms with Crippen LogP contribution in [0.3, 0.4) is 0 Å². The summed E-state index contributed by atoms with van der Waals surface area (Å²) in [4.78, 5) is 45.4. The Balaban J connectivity index is 0.000000479. The molecule has 3 aliphatic rings. The molecule has 1 aromatic rings. The molecule has 1 N–H and O–H groups in total. The van der Waals surface area contributed by atoms with E-state index in [1.807, 2.05) is 17.2 Å². The van der Waals surface area contributed by atoms with Crippen molar-refractivity contribution < 1.29 is 37.4 Å². The first-order valence-corrected chi connectivity index (χ1v) is 12.5. The molecular weight excluding hydrogens is 493 g/mol. The fourth-order valence-electron chi connectivity index (χ4n) is 5.90. The van der Waals surface area contributed by atoms with Crippen LogP contribution in [0.1, 0.15) is 44.6 Å². The predicted octanol–water partition coefficient (Wildman–Crippen LogP) is 2.56. The summed E-state index contributed by atoms with van der Waals surface area (Å²) in [6.45, 7) is 7.23. The number of piperidine rings is 2. The maximum absolute atomic E-state index is 13.6. The monoisotopic (exact) mass is 528 g/mol. The van der Waals surface area contributed by atoms with Gasteiger partial charge in [0.05, 0.1) is 5.41 Å². The Morgan fingerprint density at radius 1 is 1.14 bits per heavy atom. The standard InChI is InChI=1S/C23H34N4O3.C2HF3O2/c1-3-27-21(29)22(6-11-25(12-7-22)16-19-5-4-10-24-15-19)18-23(27)8-13-26(14-9-23)20(28)17-30-2;3-2(4,5)1(6)7/h4-5,10,15H,3,6-9,11-14,16-18H2,1-2H3;(H,6,7). The Morgan fingerprint density at radius 3 is 2.24 bits per heavy atom. The van der Waals surface area contributed by atoms with Crippen LogP contribution in [0, 0.1) is 5.41 Å². The van der Waals surface area contributed by atoms with Crippen LogP contribution in [0.5, 0.6) is 0 Å². The van der Waals surface area contributed by atoms with E-state index in [0.717, 1.165) is 71.4 Å². The van der Waals surface area contributed by atoms with Crippen LogP contribution in [0.2, 0.25) is 0 Å². The largest absolute Gasteiger partial charge is 0.490 e. The number of methoxy groups -OCH3 is 1. The van der Waals surface area contributed by atoms with Gasteiger partial charge in [-0.3, -0.25) is 19.5 Å². The van der Waals surface area contributed by atoms with Gasteiger partial charge >= 0.3 is 12.1 Å². The van der Waals surface area contributed by atoms with Crippen molar-refractivity contribution in [1.29, 1.82) is 0 Å². The summed E-state index contributed by atoms with van der Waals surface area (Å²) in [6.07, 6.45) is 3.20. The van der Waals surface area contributed by atoms with E-state index in [4.69, 9.17) is 14.6 Å². The van der Waals surface area contributed by atoms with E-state index in [1.54, 1.807) is 13.3 Å². The van der Waals surface area contributed by atoms with E-state index in [2.05, 4.69) is 27.8 Å². The van der Waals surface area contributed by atoms with Gasteiger partial charge in [-0.1, -0.05) is 6.07 Å². The highest BCUT2D eigenvalue weighted by atomic mass is 19.4. The molecule has 206 valence electrons. The molecule has 37 heavy (non-hydrogen) atoms. The third-order valence-corrected chi connectivity index (χ3v) is 7.75. The van der Waals surface area contributed by atoms with Gasteiger partial charge in [0.25, 0.3) is 0 Å². The van der Waals surface area contributed by atoms with Gasteiger partial charge < -0.3 is 19.6 Å². The molecule has 0 saturated carbocycles. The molecule has 4 rings (SSSR count). The van der Waals surface area contributed by atoms with Gasteiger partial charge in [-0.25, -0.2) is 4.79 Å². The van der Waals surface area contributed by atoms with Crippen LogP contribution < -0.4 is 0 Å². The number of halogens is 3. The lowest BCUT2D eigenvalue weighted by Gasteiger charge is -2.45. The third kappa shape index (κ3) is 6.59. The number of likely N-dealkylation sites (tertiary alicyclic amines) is 3. The maximum Gasteiger partial charge on any atom is 0.490 e. The number of alkyl halides is 3. The van der Waals surface area contributed by atoms with E-state index in [1.165, 1.54) is 5.56 Å². The van der Waals surface area contributed by atoms with Crippen molar-refractivity contribution in [2.45, 2.75) is 57.3 Å². The zero-order valence-corrected chi connectivity index (χ0v) is 21.3. The first kappa shape index (κ1) is 28.8. The summed E-state index contributed by atoms with van der Waals surface area (Å²) in [5, 5.41) is 7.12. The van der Waals surface area contributed by atoms with Crippen LogP contribution >= 0.6 is 0 Å². The van der Waals surface area contributed by atoms with E-state index in [0.29, 0.717) is 5.91 Å². The number of aliphatic carboxylic acids is 1. The van der Waals surface area contributed by atoms with Crippen LogP contribution in [-0.2, 0) is 25.7 Å². The molecule has 3 aliphatic heterocycles. The lowest BCUT2D eigenvalue weighted by Crippen LogP contribution is -2.54. The van der Waals surface area contributed by atoms with E-state index in [-0.39, 0.29) is 23.5 Å². The molecule has 3 fully saturated rings. The van der Waals surface area contributed by atoms with Crippen molar-refractivity contribution in [3.05, 3.63) is 30.1 Å². The first-order valence-electron chi connectivity index (χ1n) is 12.5. The summed E-state index contributed by atoms with van der Waals surface area (Å²) >= 11 is 0. The van der Waals surface area contributed by atoms with E-state index < -0.39 is 12.1 Å². The molecule has 0 unspecified atom stereocenters. The number of amides is 2. The van der Waals surface area contributed by atoms with Gasteiger partial charge in [0.1, 0.15) is 6.61 Å². The SMILES string of the molecule is CCN1C(=O)C2(CCN(Cc3cccnc3)CC2)CC12CCN(C(=O)COC)CC2.O=C(O)C(F)(F)F. The Kier molecular flexibility index (Phi) is 9.17. The quantitative estimate of drug-likeness (QED) is 0.627. The van der Waals surface area contributed by atoms with Crippen molar-refractivity contribution >= 4 is 17.8 Å². The highest BCUT2D eigenvalue weighted by molar-refractivity contribution is 5.86. The second-order valence-corrected chi connectivity index (χ2v) is 9.98. The summed E-state index contributed by atoms with van der Waals surface area (Å²) in [5.74, 6) is -2.35. The number of hydrogen-bond donors (Lipinski definition) is 1. The number of nitrogens with zero attached hydrogens (tertiary/aromatic N) is 4. The second-order valence-electron chi connectivity index (χ2n) is 9.98. The number of pyridine rings is 1. The lowest BCUT2D eigenvalue weighted by molar-refractivity contribution is -0.192. The third-order valence-electron chi connectivity index (χ3n) is 7.75. The summed E-state index contributed by atoms with van der Waals surface area (Å²) in [7, 11) is 1.56. The predicted molar refractivity (Wildman–Crippen MR) is 127 cm³/mol. The molecule has 0 aliphatic carbocycles. The molecule has 0 bridgehead atoms. The average Bonchev–Trinajstić information content (AvgIpc) is 3.08. The average molecular weight is 529 g/mol. The van der Waals surface area contributed by atoms with Crippen LogP contribution in [0.15, 0.2) is 24.5 Å². The van der Waals surface area contributed by atoms with E-state index >= 15 is 0 Å². The Bertz CT molecular complexity index is 943. The van der Waals surface area contributed by atoms with Crippen LogP contribution in [0.25, 0.3) is 0 Å². The molecule has 2 amide bonds. The van der Waals surface area contributed by atoms with Gasteiger partial charge in [-0.2, -0.15) is 13.2 Å². The lowest BCUT2D eigenvalue weighted by atomic mass is 9.71. The molecule has 2 spiro atoms. The van der Waals surface area contributed by atoms with Crippen molar-refractivity contribution in [1.82, 2.24) is 19.7 Å². The number of carbonyl (C=O) groups excluding carboxylic acids is 2. The zero-order valence-electron chi connectivity index (χ0n) is 21.3. The summed E-state index contributed by atoms with van der Waals surface area (Å²) < 4.78 is 36.7. The zero-order chi connectivity index (χ0) is 27.3. The molecular formula is C25H35F3N4O5. The van der Waals surface area contributed by atoms with Crippen LogP contribution in [-0.4, -0.2) is 101 Å². The Labute approximate surface area is 214 Å². The van der Waals surface area contributed by atoms with Gasteiger partial charge in [-0.15, -0.1) is 0 Å². The maximum atomic E-state index is 13.6. The van der Waals surface area contributed by atoms with E-state index in [9.17, 15) is 22.8 Å². The molecule has 3 saturated heterocycles. The number of ether oxygens (including phenoxy) is 1. The topological polar surface area (TPSA) is 103 Å². The van der Waals surface area contributed by atoms with Gasteiger partial charge in [-0.05, 0) is 63.7 Å². The number of hydrogen-bond acceptors (Lipinski definition) is 6. The number of carboxylic acid groups (broad SMARTS) is 1. The number of carbonyl (C=O) groups is 3. The molecule has 12 heteroatoms. The Hall–Kier alpha value is -2.73. The summed E-state index contributed by atoms with van der Waals surface area (Å²) in [5.41, 5.74) is 0.924. The second kappa shape index (κ2) is 11.8. The van der Waals surface area contributed by atoms with Gasteiger partial charge in [0, 0.05) is 51.2 Å². The number of rotatable bonds is 5. The molecule has 1 aromatic heterocycles. The summed E-state index contributed by atoms with van der Waals surface area (Å²) in [6, 6.07) is 4.10. The highest BCUT2D eigenvalue weighted by Gasteiger charge is 2.59. The fourth-order valence-corrected chi connectivity index (χ4v) is 5.90. The number of carboxylic acids is 1. The smallest absolute Gasteiger partial charge is 0.475 e. The van der Waals surface area contributed by atoms with Crippen molar-refractivity contribution in [3.63, 3.8) is 0 Å². The molecule has 0 radical (unpaired) electrons.